The molecule has 2 atom stereocenters. The number of carboxylic acids is 1. The highest BCUT2D eigenvalue weighted by Gasteiger charge is 2.20. The lowest BCUT2D eigenvalue weighted by Gasteiger charge is -2.22. The van der Waals surface area contributed by atoms with Gasteiger partial charge in [-0.3, -0.25) is 4.79 Å². The van der Waals surface area contributed by atoms with Crippen LogP contribution in [0.25, 0.3) is 0 Å². The predicted molar refractivity (Wildman–Crippen MR) is 44.2 cm³/mol. The zero-order chi connectivity index (χ0) is 9.02. The molecular formula is C8H17NO2. The number of hydrogen-bond acceptors (Lipinski definition) is 2. The summed E-state index contributed by atoms with van der Waals surface area (Å²) in [7, 11) is 0. The molecule has 0 aromatic rings. The van der Waals surface area contributed by atoms with Gasteiger partial charge in [0.1, 0.15) is 0 Å². The fourth-order valence-corrected chi connectivity index (χ4v) is 1.23. The van der Waals surface area contributed by atoms with Crippen LogP contribution in [0.3, 0.4) is 0 Å². The Labute approximate surface area is 67.6 Å². The second kappa shape index (κ2) is 4.34. The van der Waals surface area contributed by atoms with Crippen LogP contribution in [0.5, 0.6) is 0 Å². The summed E-state index contributed by atoms with van der Waals surface area (Å²) in [4.78, 5) is 10.4. The molecule has 0 heterocycles. The lowest BCUT2D eigenvalue weighted by atomic mass is 9.87. The topological polar surface area (TPSA) is 63.3 Å². The minimum Gasteiger partial charge on any atom is -0.481 e. The number of rotatable bonds is 4. The molecule has 66 valence electrons. The standard InChI is InChI=1S/C8H17NO2/c1-5(2)7(6(3)9)4-8(10)11/h5-7H,4,9H2,1-3H3,(H,10,11). The van der Waals surface area contributed by atoms with Crippen LogP contribution in [0.15, 0.2) is 0 Å². The Balaban J connectivity index is 4.00. The average molecular weight is 159 g/mol. The summed E-state index contributed by atoms with van der Waals surface area (Å²) in [5, 5.41) is 8.53. The molecule has 0 saturated carbocycles. The Hall–Kier alpha value is -0.570. The van der Waals surface area contributed by atoms with Gasteiger partial charge in [0.2, 0.25) is 0 Å². The van der Waals surface area contributed by atoms with Gasteiger partial charge < -0.3 is 10.8 Å². The lowest BCUT2D eigenvalue weighted by Crippen LogP contribution is -2.32. The first-order valence-corrected chi connectivity index (χ1v) is 3.92. The Kier molecular flexibility index (Phi) is 4.11. The number of hydrogen-bond donors (Lipinski definition) is 2. The van der Waals surface area contributed by atoms with Gasteiger partial charge in [-0.1, -0.05) is 13.8 Å². The zero-order valence-electron chi connectivity index (χ0n) is 7.37. The summed E-state index contributed by atoms with van der Waals surface area (Å²) in [6.45, 7) is 5.85. The molecule has 0 aliphatic carbocycles. The van der Waals surface area contributed by atoms with Crippen LogP contribution in [0.2, 0.25) is 0 Å². The molecule has 3 nitrogen and oxygen atoms in total. The van der Waals surface area contributed by atoms with Gasteiger partial charge >= 0.3 is 5.97 Å². The molecule has 0 rings (SSSR count). The summed E-state index contributed by atoms with van der Waals surface area (Å²) in [5.74, 6) is -0.334. The molecule has 0 aliphatic rings. The molecule has 0 amide bonds. The summed E-state index contributed by atoms with van der Waals surface area (Å²) < 4.78 is 0. The van der Waals surface area contributed by atoms with Crippen LogP contribution in [-0.2, 0) is 4.79 Å². The molecule has 2 unspecified atom stereocenters. The second-order valence-corrected chi connectivity index (χ2v) is 3.36. The van der Waals surface area contributed by atoms with Gasteiger partial charge in [-0.05, 0) is 18.8 Å². The largest absolute Gasteiger partial charge is 0.481 e. The van der Waals surface area contributed by atoms with Crippen molar-refractivity contribution in [2.45, 2.75) is 33.2 Å². The van der Waals surface area contributed by atoms with E-state index in [2.05, 4.69) is 0 Å². The van der Waals surface area contributed by atoms with E-state index in [9.17, 15) is 4.79 Å². The Morgan fingerprint density at radius 1 is 1.45 bits per heavy atom. The van der Waals surface area contributed by atoms with E-state index in [1.807, 2.05) is 20.8 Å². The van der Waals surface area contributed by atoms with Crippen molar-refractivity contribution >= 4 is 5.97 Å². The van der Waals surface area contributed by atoms with Crippen molar-refractivity contribution in [1.29, 1.82) is 0 Å². The number of carbonyl (C=O) groups is 1. The molecule has 0 radical (unpaired) electrons. The lowest BCUT2D eigenvalue weighted by molar-refractivity contribution is -0.138. The van der Waals surface area contributed by atoms with E-state index in [1.54, 1.807) is 0 Å². The van der Waals surface area contributed by atoms with Gasteiger partial charge in [0, 0.05) is 12.5 Å². The molecule has 0 fully saturated rings. The quantitative estimate of drug-likeness (QED) is 0.645. The van der Waals surface area contributed by atoms with Gasteiger partial charge in [-0.25, -0.2) is 0 Å². The third-order valence-corrected chi connectivity index (χ3v) is 1.94. The minimum atomic E-state index is -0.763. The van der Waals surface area contributed by atoms with Crippen molar-refractivity contribution in [3.63, 3.8) is 0 Å². The SMILES string of the molecule is CC(C)C(CC(=O)O)C(C)N. The summed E-state index contributed by atoms with van der Waals surface area (Å²) in [5.41, 5.74) is 5.62. The molecule has 0 aliphatic heterocycles. The molecular weight excluding hydrogens is 142 g/mol. The molecule has 0 saturated heterocycles. The fourth-order valence-electron chi connectivity index (χ4n) is 1.23. The monoisotopic (exact) mass is 159 g/mol. The maximum Gasteiger partial charge on any atom is 0.303 e. The van der Waals surface area contributed by atoms with Gasteiger partial charge in [0.25, 0.3) is 0 Å². The third kappa shape index (κ3) is 3.98. The van der Waals surface area contributed by atoms with E-state index < -0.39 is 5.97 Å². The van der Waals surface area contributed by atoms with Crippen LogP contribution >= 0.6 is 0 Å². The van der Waals surface area contributed by atoms with E-state index in [0.717, 1.165) is 0 Å². The van der Waals surface area contributed by atoms with E-state index in [1.165, 1.54) is 0 Å². The Bertz CT molecular complexity index is 124. The van der Waals surface area contributed by atoms with Crippen LogP contribution < -0.4 is 5.73 Å². The van der Waals surface area contributed by atoms with Crippen LogP contribution in [0.4, 0.5) is 0 Å². The van der Waals surface area contributed by atoms with Gasteiger partial charge in [-0.15, -0.1) is 0 Å². The van der Waals surface area contributed by atoms with Crippen molar-refractivity contribution in [1.82, 2.24) is 0 Å². The first-order chi connectivity index (χ1) is 4.95. The molecule has 0 spiro atoms. The predicted octanol–water partition coefficient (Wildman–Crippen LogP) is 1.08. The average Bonchev–Trinajstić information content (AvgIpc) is 1.81. The second-order valence-electron chi connectivity index (χ2n) is 3.36. The van der Waals surface area contributed by atoms with Gasteiger partial charge in [0.05, 0.1) is 0 Å². The molecule has 3 N–H and O–H groups in total. The normalized spacial score (nSPS) is 16.5. The van der Waals surface area contributed by atoms with Crippen molar-refractivity contribution in [3.05, 3.63) is 0 Å². The summed E-state index contributed by atoms with van der Waals surface area (Å²) in [6, 6.07) is -0.0360. The summed E-state index contributed by atoms with van der Waals surface area (Å²) in [6.07, 6.45) is 0.176. The maximum atomic E-state index is 10.4. The van der Waals surface area contributed by atoms with Crippen molar-refractivity contribution in [3.8, 4) is 0 Å². The first-order valence-electron chi connectivity index (χ1n) is 3.92. The van der Waals surface area contributed by atoms with Crippen molar-refractivity contribution in [2.24, 2.45) is 17.6 Å². The van der Waals surface area contributed by atoms with E-state index in [-0.39, 0.29) is 18.4 Å². The van der Waals surface area contributed by atoms with Gasteiger partial charge in [0.15, 0.2) is 0 Å². The Morgan fingerprint density at radius 3 is 2.00 bits per heavy atom. The van der Waals surface area contributed by atoms with Gasteiger partial charge in [-0.2, -0.15) is 0 Å². The smallest absolute Gasteiger partial charge is 0.303 e. The highest BCUT2D eigenvalue weighted by molar-refractivity contribution is 5.67. The number of nitrogens with two attached hydrogens (primary N) is 1. The molecule has 0 aromatic carbocycles. The first kappa shape index (κ1) is 10.4. The highest BCUT2D eigenvalue weighted by atomic mass is 16.4. The van der Waals surface area contributed by atoms with E-state index >= 15 is 0 Å². The fraction of sp³-hybridized carbons (Fsp3) is 0.875. The van der Waals surface area contributed by atoms with Crippen LogP contribution in [0.1, 0.15) is 27.2 Å². The van der Waals surface area contributed by atoms with Crippen molar-refractivity contribution in [2.75, 3.05) is 0 Å². The van der Waals surface area contributed by atoms with Crippen LogP contribution in [-0.4, -0.2) is 17.1 Å². The van der Waals surface area contributed by atoms with E-state index in [4.69, 9.17) is 10.8 Å². The maximum absolute atomic E-state index is 10.4. The molecule has 11 heavy (non-hydrogen) atoms. The Morgan fingerprint density at radius 2 is 1.91 bits per heavy atom. The van der Waals surface area contributed by atoms with E-state index in [0.29, 0.717) is 5.92 Å². The number of carboxylic acid groups (broad SMARTS) is 1. The highest BCUT2D eigenvalue weighted by Crippen LogP contribution is 2.17. The zero-order valence-corrected chi connectivity index (χ0v) is 7.37. The van der Waals surface area contributed by atoms with Crippen molar-refractivity contribution < 1.29 is 9.90 Å². The molecule has 3 heteroatoms. The number of aliphatic carboxylic acids is 1. The summed E-state index contributed by atoms with van der Waals surface area (Å²) >= 11 is 0. The minimum absolute atomic E-state index is 0.0360. The molecule has 0 bridgehead atoms. The molecule has 0 aromatic heterocycles. The third-order valence-electron chi connectivity index (χ3n) is 1.94. The van der Waals surface area contributed by atoms with Crippen LogP contribution in [0, 0.1) is 11.8 Å².